The Hall–Kier alpha value is -2.44. The van der Waals surface area contributed by atoms with Gasteiger partial charge in [-0.1, -0.05) is 29.8 Å². The van der Waals surface area contributed by atoms with Gasteiger partial charge in [-0.2, -0.15) is 0 Å². The Morgan fingerprint density at radius 2 is 1.79 bits per heavy atom. The maximum atomic E-state index is 13.3. The lowest BCUT2D eigenvalue weighted by Gasteiger charge is -2.31. The van der Waals surface area contributed by atoms with Crippen molar-refractivity contribution in [2.45, 2.75) is 38.5 Å². The molecule has 2 aromatic rings. The molecule has 1 fully saturated rings. The summed E-state index contributed by atoms with van der Waals surface area (Å²) in [5.41, 5.74) is 7.89. The second-order valence-electron chi connectivity index (χ2n) is 7.25. The maximum absolute atomic E-state index is 13.3. The van der Waals surface area contributed by atoms with Crippen LogP contribution in [-0.4, -0.2) is 37.4 Å². The summed E-state index contributed by atoms with van der Waals surface area (Å²) in [6.07, 6.45) is -0.259. The predicted octanol–water partition coefficient (Wildman–Crippen LogP) is 3.03. The predicted molar refractivity (Wildman–Crippen MR) is 104 cm³/mol. The monoisotopic (exact) mass is 387 g/mol. The number of halogens is 1. The highest BCUT2D eigenvalue weighted by Crippen LogP contribution is 2.26. The van der Waals surface area contributed by atoms with E-state index in [9.17, 15) is 9.18 Å². The molecule has 0 aromatic heterocycles. The van der Waals surface area contributed by atoms with E-state index < -0.39 is 18.1 Å². The molecule has 2 N–H and O–H groups in total. The molecule has 3 rings (SSSR count). The average Bonchev–Trinajstić information content (AvgIpc) is 2.71. The van der Waals surface area contributed by atoms with Crippen molar-refractivity contribution >= 4 is 5.97 Å². The van der Waals surface area contributed by atoms with Gasteiger partial charge < -0.3 is 19.9 Å². The van der Waals surface area contributed by atoms with E-state index in [1.807, 2.05) is 38.1 Å². The SMILES string of the molecule is Cc1ccc(OC2COCC(N)C(=O)OC(C)C2Cc2ccc(F)cc2)cc1. The van der Waals surface area contributed by atoms with Crippen LogP contribution < -0.4 is 10.5 Å². The highest BCUT2D eigenvalue weighted by atomic mass is 19.1. The highest BCUT2D eigenvalue weighted by Gasteiger charge is 2.34. The minimum absolute atomic E-state index is 0.0720. The average molecular weight is 387 g/mol. The van der Waals surface area contributed by atoms with Gasteiger partial charge in [-0.05, 0) is 50.1 Å². The van der Waals surface area contributed by atoms with Gasteiger partial charge in [-0.3, -0.25) is 4.79 Å². The van der Waals surface area contributed by atoms with Crippen molar-refractivity contribution in [3.05, 3.63) is 65.5 Å². The molecule has 4 unspecified atom stereocenters. The van der Waals surface area contributed by atoms with Crippen LogP contribution >= 0.6 is 0 Å². The fourth-order valence-electron chi connectivity index (χ4n) is 3.27. The van der Waals surface area contributed by atoms with E-state index in [1.54, 1.807) is 12.1 Å². The van der Waals surface area contributed by atoms with E-state index in [2.05, 4.69) is 0 Å². The van der Waals surface area contributed by atoms with Gasteiger partial charge in [0.25, 0.3) is 0 Å². The molecular formula is C22H26FNO4. The smallest absolute Gasteiger partial charge is 0.325 e. The second kappa shape index (κ2) is 9.17. The van der Waals surface area contributed by atoms with Crippen LogP contribution in [0, 0.1) is 18.7 Å². The van der Waals surface area contributed by atoms with Crippen LogP contribution in [0.5, 0.6) is 5.75 Å². The first-order valence-corrected chi connectivity index (χ1v) is 9.44. The van der Waals surface area contributed by atoms with Crippen LogP contribution in [0.2, 0.25) is 0 Å². The van der Waals surface area contributed by atoms with Crippen LogP contribution in [0.4, 0.5) is 4.39 Å². The minimum Gasteiger partial charge on any atom is -0.488 e. The first kappa shape index (κ1) is 20.3. The van der Waals surface area contributed by atoms with Crippen molar-refractivity contribution in [3.63, 3.8) is 0 Å². The Balaban J connectivity index is 1.86. The zero-order chi connectivity index (χ0) is 20.1. The molecule has 1 heterocycles. The first-order chi connectivity index (χ1) is 13.4. The summed E-state index contributed by atoms with van der Waals surface area (Å²) in [4.78, 5) is 12.2. The van der Waals surface area contributed by atoms with E-state index in [0.29, 0.717) is 12.2 Å². The lowest BCUT2D eigenvalue weighted by molar-refractivity contribution is -0.153. The molecule has 0 aliphatic carbocycles. The molecule has 0 spiro atoms. The topological polar surface area (TPSA) is 70.8 Å². The van der Waals surface area contributed by atoms with Crippen molar-refractivity contribution < 1.29 is 23.4 Å². The summed E-state index contributed by atoms with van der Waals surface area (Å²) < 4.78 is 30.7. The van der Waals surface area contributed by atoms with Gasteiger partial charge in [0.1, 0.15) is 29.8 Å². The number of ether oxygens (including phenoxy) is 3. The zero-order valence-electron chi connectivity index (χ0n) is 16.1. The summed E-state index contributed by atoms with van der Waals surface area (Å²) in [5.74, 6) is -0.265. The summed E-state index contributed by atoms with van der Waals surface area (Å²) in [6.45, 7) is 4.18. The van der Waals surface area contributed by atoms with Gasteiger partial charge in [0.05, 0.1) is 13.2 Å². The van der Waals surface area contributed by atoms with Crippen molar-refractivity contribution in [2.24, 2.45) is 11.7 Å². The lowest BCUT2D eigenvalue weighted by atomic mass is 9.89. The molecule has 0 saturated carbocycles. The van der Waals surface area contributed by atoms with Crippen LogP contribution in [0.15, 0.2) is 48.5 Å². The van der Waals surface area contributed by atoms with Crippen LogP contribution in [-0.2, 0) is 20.7 Å². The van der Waals surface area contributed by atoms with Crippen molar-refractivity contribution in [2.75, 3.05) is 13.2 Å². The van der Waals surface area contributed by atoms with Crippen LogP contribution in [0.3, 0.4) is 0 Å². The van der Waals surface area contributed by atoms with E-state index in [4.69, 9.17) is 19.9 Å². The summed E-state index contributed by atoms with van der Waals surface area (Å²) in [7, 11) is 0. The summed E-state index contributed by atoms with van der Waals surface area (Å²) >= 11 is 0. The molecule has 1 aliphatic heterocycles. The molecule has 28 heavy (non-hydrogen) atoms. The maximum Gasteiger partial charge on any atom is 0.325 e. The number of benzene rings is 2. The molecule has 0 bridgehead atoms. The normalized spacial score (nSPS) is 25.9. The highest BCUT2D eigenvalue weighted by molar-refractivity contribution is 5.75. The van der Waals surface area contributed by atoms with Gasteiger partial charge in [-0.15, -0.1) is 0 Å². The molecule has 1 aliphatic rings. The number of carbonyl (C=O) groups is 1. The Labute approximate surface area is 164 Å². The van der Waals surface area contributed by atoms with Gasteiger partial charge in [-0.25, -0.2) is 4.39 Å². The Morgan fingerprint density at radius 1 is 1.11 bits per heavy atom. The number of aryl methyl sites for hydroxylation is 1. The van der Waals surface area contributed by atoms with Crippen molar-refractivity contribution in [1.82, 2.24) is 0 Å². The molecular weight excluding hydrogens is 361 g/mol. The number of rotatable bonds is 4. The molecule has 150 valence electrons. The molecule has 2 aromatic carbocycles. The number of cyclic esters (lactones) is 1. The van der Waals surface area contributed by atoms with E-state index in [-0.39, 0.29) is 31.1 Å². The molecule has 4 atom stereocenters. The largest absolute Gasteiger partial charge is 0.488 e. The van der Waals surface area contributed by atoms with E-state index >= 15 is 0 Å². The third kappa shape index (κ3) is 5.30. The number of esters is 1. The number of nitrogens with two attached hydrogens (primary N) is 1. The fourth-order valence-corrected chi connectivity index (χ4v) is 3.27. The van der Waals surface area contributed by atoms with E-state index in [0.717, 1.165) is 11.1 Å². The molecule has 5 nitrogen and oxygen atoms in total. The van der Waals surface area contributed by atoms with Crippen LogP contribution in [0.1, 0.15) is 18.1 Å². The zero-order valence-corrected chi connectivity index (χ0v) is 16.1. The third-order valence-corrected chi connectivity index (χ3v) is 4.96. The first-order valence-electron chi connectivity index (χ1n) is 9.44. The molecule has 1 saturated heterocycles. The third-order valence-electron chi connectivity index (χ3n) is 4.96. The fraction of sp³-hybridized carbons (Fsp3) is 0.409. The van der Waals surface area contributed by atoms with Gasteiger partial charge in [0, 0.05) is 5.92 Å². The van der Waals surface area contributed by atoms with Crippen molar-refractivity contribution in [1.29, 1.82) is 0 Å². The van der Waals surface area contributed by atoms with Gasteiger partial charge >= 0.3 is 5.97 Å². The van der Waals surface area contributed by atoms with Crippen molar-refractivity contribution in [3.8, 4) is 5.75 Å². The molecule has 0 radical (unpaired) electrons. The Kier molecular flexibility index (Phi) is 6.65. The lowest BCUT2D eigenvalue weighted by Crippen LogP contribution is -2.41. The Bertz CT molecular complexity index is 778. The second-order valence-corrected chi connectivity index (χ2v) is 7.25. The summed E-state index contributed by atoms with van der Waals surface area (Å²) in [6, 6.07) is 13.2. The Morgan fingerprint density at radius 3 is 2.46 bits per heavy atom. The molecule has 0 amide bonds. The minimum atomic E-state index is -0.827. The number of carbonyl (C=O) groups excluding carboxylic acids is 1. The van der Waals surface area contributed by atoms with Gasteiger partial charge in [0.2, 0.25) is 0 Å². The standard InChI is InChI=1S/C22H26FNO4/c1-14-3-9-18(10-4-14)28-21-13-26-12-20(24)22(25)27-15(2)19(21)11-16-5-7-17(23)8-6-16/h3-10,15,19-21H,11-13,24H2,1-2H3. The number of hydrogen-bond donors (Lipinski definition) is 1. The van der Waals surface area contributed by atoms with Crippen LogP contribution in [0.25, 0.3) is 0 Å². The molecule has 6 heteroatoms. The van der Waals surface area contributed by atoms with E-state index in [1.165, 1.54) is 12.1 Å². The van der Waals surface area contributed by atoms with Gasteiger partial charge in [0.15, 0.2) is 0 Å². The summed E-state index contributed by atoms with van der Waals surface area (Å²) in [5, 5.41) is 0. The quantitative estimate of drug-likeness (QED) is 0.817. The number of hydrogen-bond acceptors (Lipinski definition) is 5.